The van der Waals surface area contributed by atoms with Gasteiger partial charge >= 0.3 is 0 Å². The second kappa shape index (κ2) is 32.5. The Morgan fingerprint density at radius 2 is 0.731 bits per heavy atom. The molecule has 28 nitrogen and oxygen atoms in total. The third kappa shape index (κ3) is 18.8. The molecule has 104 heavy (non-hydrogen) atoms. The molecule has 0 atom stereocenters. The zero-order chi connectivity index (χ0) is 75.3. The van der Waals surface area contributed by atoms with Gasteiger partial charge in [-0.25, -0.2) is 90.5 Å². The van der Waals surface area contributed by atoms with Gasteiger partial charge in [-0.05, 0) is 118 Å². The predicted octanol–water partition coefficient (Wildman–Crippen LogP) is 10.5. The van der Waals surface area contributed by atoms with Crippen LogP contribution in [0, 0.1) is 23.3 Å². The van der Waals surface area contributed by atoms with Crippen LogP contribution >= 0.6 is 0 Å². The molecule has 0 saturated heterocycles. The molecule has 0 unspecified atom stereocenters. The van der Waals surface area contributed by atoms with E-state index in [1.165, 1.54) is 36.7 Å². The van der Waals surface area contributed by atoms with Gasteiger partial charge in [0.25, 0.3) is 6.43 Å². The quantitative estimate of drug-likeness (QED) is 0.0281. The average molecular weight is 1440 g/mol. The Kier molecular flexibility index (Phi) is 23.7. The van der Waals surface area contributed by atoms with E-state index in [2.05, 4.69) is 117 Å². The number of pyridine rings is 4. The van der Waals surface area contributed by atoms with Crippen LogP contribution in [-0.4, -0.2) is 177 Å². The minimum atomic E-state index is -2.63. The largest absolute Gasteiger partial charge is 0.356 e. The second-order valence-corrected chi connectivity index (χ2v) is 25.3. The lowest BCUT2D eigenvalue weighted by Gasteiger charge is -2.30. The van der Waals surface area contributed by atoms with Crippen LogP contribution in [0.5, 0.6) is 0 Å². The molecule has 11 N–H and O–H groups in total. The van der Waals surface area contributed by atoms with E-state index in [0.717, 1.165) is 24.8 Å². The van der Waals surface area contributed by atoms with Gasteiger partial charge in [-0.3, -0.25) is 19.2 Å². The molecule has 12 heterocycles. The summed E-state index contributed by atoms with van der Waals surface area (Å²) in [6.45, 7) is 17.1. The molecule has 0 radical (unpaired) electrons. The van der Waals surface area contributed by atoms with Gasteiger partial charge in [0.15, 0.2) is 23.3 Å². The summed E-state index contributed by atoms with van der Waals surface area (Å²) >= 11 is 0. The zero-order valence-electron chi connectivity index (χ0n) is 58.3. The molecule has 12 aromatic rings. The SMILES string of the molecule is CC(C)(Nc1ccnc(-c2c[nH]c3ncc(F)cc23)n1)C(=O)NCC(F)F.CC(C)(Nc1ccnc(-c2c[nH]c3ncc(F)cc23)n1)C(=O)NCCF.CCN(C)C(=O)C(C)(C)Nc1ccnc(-c2c[nH]c3ncc(F)cc23)n1.CCNC(=O)C(C)(C)Nc1ccnc(-c2c[nH]c3ncc(F)cc23)n1. The molecule has 544 valence electrons. The number of alkyl halides is 3. The van der Waals surface area contributed by atoms with Crippen LogP contribution in [0.3, 0.4) is 0 Å². The standard InChI is InChI=1S/C18H21FN6O.C17H17F3N6O.C17H18F2N6O.C17H19FN6O/c1-5-25(4)17(26)18(2,3)24-14-6-7-20-16(23-14)13-10-22-15-12(13)8-11(19)9-21-15;1-17(2,16(27)24-8-12(19)20)26-13-3-4-21-15(25-13)11-7-23-14-10(11)5-9(18)6-22-14;1-17(2,16(26)21-6-4-18)25-13-3-5-20-15(24-13)12-9-23-14-11(12)7-10(19)8-22-14;1-4-19-16(25)17(2,3)24-13-5-6-20-15(23-13)12-9-22-14-11(12)7-10(18)8-21-14/h6-10H,5H2,1-4H3,(H,21,22)(H,20,23,24);3-7,12H,8H2,1-2H3,(H,22,23)(H,24,27)(H,21,25,26);3,5,7-9H,4,6H2,1-2H3,(H,21,26)(H,22,23)(H,20,24,25);5-9H,4H2,1-3H3,(H,19,25)(H,21,22)(H,20,23,24). The van der Waals surface area contributed by atoms with Gasteiger partial charge in [-0.15, -0.1) is 0 Å². The van der Waals surface area contributed by atoms with Crippen LogP contribution in [0.1, 0.15) is 69.2 Å². The van der Waals surface area contributed by atoms with E-state index in [9.17, 15) is 49.9 Å². The number of hydrogen-bond donors (Lipinski definition) is 11. The molecule has 0 aliphatic rings. The van der Waals surface area contributed by atoms with Crippen molar-refractivity contribution in [2.24, 2.45) is 0 Å². The molecule has 0 aliphatic heterocycles. The first-order chi connectivity index (χ1) is 49.4. The number of likely N-dealkylation sites (N-methyl/N-ethyl adjacent to an activating group) is 2. The summed E-state index contributed by atoms with van der Waals surface area (Å²) in [5.41, 5.74) is 0.685. The molecular weight excluding hydrogens is 1360 g/mol. The summed E-state index contributed by atoms with van der Waals surface area (Å²) in [6, 6.07) is 12.0. The number of nitrogens with one attached hydrogen (secondary N) is 11. The third-order valence-electron chi connectivity index (χ3n) is 15.5. The van der Waals surface area contributed by atoms with Crippen molar-refractivity contribution < 1.29 is 49.9 Å². The fraction of sp³-hybridized carbons (Fsp3) is 0.304. The van der Waals surface area contributed by atoms with Crippen LogP contribution in [-0.2, 0) is 19.2 Å². The Hall–Kier alpha value is -12.3. The molecule has 0 spiro atoms. The van der Waals surface area contributed by atoms with Gasteiger partial charge in [-0.2, -0.15) is 0 Å². The summed E-state index contributed by atoms with van der Waals surface area (Å²) in [4.78, 5) is 113. The minimum absolute atomic E-state index is 0.0430. The maximum atomic E-state index is 13.5. The van der Waals surface area contributed by atoms with E-state index in [1.807, 2.05) is 13.8 Å². The normalized spacial score (nSPS) is 11.6. The molecule has 12 rings (SSSR count). The third-order valence-corrected chi connectivity index (χ3v) is 15.5. The lowest BCUT2D eigenvalue weighted by Crippen LogP contribution is -2.49. The maximum absolute atomic E-state index is 13.5. The number of anilines is 4. The van der Waals surface area contributed by atoms with E-state index in [0.29, 0.717) is 126 Å². The predicted molar refractivity (Wildman–Crippen MR) is 379 cm³/mol. The summed E-state index contributed by atoms with van der Waals surface area (Å²) in [7, 11) is 1.75. The highest BCUT2D eigenvalue weighted by molar-refractivity contribution is 5.96. The Morgan fingerprint density at radius 3 is 1.01 bits per heavy atom. The van der Waals surface area contributed by atoms with Crippen molar-refractivity contribution in [2.75, 3.05) is 61.2 Å². The number of H-pyrrole nitrogens is 4. The number of aromatic amines is 4. The van der Waals surface area contributed by atoms with Crippen molar-refractivity contribution in [1.82, 2.24) is 101 Å². The number of fused-ring (bicyclic) bond motifs is 4. The van der Waals surface area contributed by atoms with Crippen LogP contribution in [0.2, 0.25) is 0 Å². The topological polar surface area (TPSA) is 374 Å². The first-order valence-electron chi connectivity index (χ1n) is 32.3. The number of halogens is 7. The number of carbonyl (C=O) groups excluding carboxylic acids is 4. The van der Waals surface area contributed by atoms with Gasteiger partial charge in [0.05, 0.1) is 31.3 Å². The van der Waals surface area contributed by atoms with Crippen LogP contribution in [0.4, 0.5) is 54.0 Å². The molecule has 0 aromatic carbocycles. The van der Waals surface area contributed by atoms with Gasteiger partial charge in [0.2, 0.25) is 23.6 Å². The lowest BCUT2D eigenvalue weighted by atomic mass is 10.0. The minimum Gasteiger partial charge on any atom is -0.356 e. The highest BCUT2D eigenvalue weighted by atomic mass is 19.3. The highest BCUT2D eigenvalue weighted by Gasteiger charge is 2.33. The molecular formula is C69H75F7N24O4. The summed E-state index contributed by atoms with van der Waals surface area (Å²) < 4.78 is 90.9. The average Bonchev–Trinajstić information content (AvgIpc) is 1.60. The monoisotopic (exact) mass is 1440 g/mol. The molecule has 0 bridgehead atoms. The Labute approximate surface area is 590 Å². The van der Waals surface area contributed by atoms with Crippen molar-refractivity contribution in [3.63, 3.8) is 0 Å². The van der Waals surface area contributed by atoms with E-state index in [-0.39, 0.29) is 24.3 Å². The Balaban J connectivity index is 0.000000161. The molecule has 12 aromatic heterocycles. The van der Waals surface area contributed by atoms with Crippen molar-refractivity contribution in [1.29, 1.82) is 0 Å². The fourth-order valence-corrected chi connectivity index (χ4v) is 10.2. The first kappa shape index (κ1) is 75.9. The van der Waals surface area contributed by atoms with Gasteiger partial charge in [0, 0.05) is 120 Å². The Morgan fingerprint density at radius 1 is 0.442 bits per heavy atom. The van der Waals surface area contributed by atoms with Crippen molar-refractivity contribution >= 4 is 91.0 Å². The number of carbonyl (C=O) groups is 4. The first-order valence-corrected chi connectivity index (χ1v) is 32.3. The number of amides is 4. The van der Waals surface area contributed by atoms with Crippen molar-refractivity contribution in [2.45, 2.75) is 97.8 Å². The summed E-state index contributed by atoms with van der Waals surface area (Å²) in [5.74, 6) is 0.283. The van der Waals surface area contributed by atoms with Gasteiger partial charge < -0.3 is 62.1 Å². The van der Waals surface area contributed by atoms with Crippen molar-refractivity contribution in [3.05, 3.63) is 146 Å². The molecule has 0 fully saturated rings. The smallest absolute Gasteiger partial charge is 0.255 e. The molecule has 0 aliphatic carbocycles. The number of aromatic nitrogens is 16. The number of hydrogen-bond acceptors (Lipinski definition) is 20. The highest BCUT2D eigenvalue weighted by Crippen LogP contribution is 2.32. The second-order valence-electron chi connectivity index (χ2n) is 25.3. The lowest BCUT2D eigenvalue weighted by molar-refractivity contribution is -0.133. The summed E-state index contributed by atoms with van der Waals surface area (Å²) in [5, 5.41) is 21.9. The van der Waals surface area contributed by atoms with Gasteiger partial charge in [-0.1, -0.05) is 0 Å². The van der Waals surface area contributed by atoms with Gasteiger partial charge in [0.1, 0.15) is 98.0 Å². The zero-order valence-corrected chi connectivity index (χ0v) is 58.3. The summed E-state index contributed by atoms with van der Waals surface area (Å²) in [6.07, 6.45) is 14.7. The van der Waals surface area contributed by atoms with Crippen LogP contribution < -0.4 is 37.2 Å². The molecule has 35 heteroatoms. The number of nitrogens with zero attached hydrogens (tertiary/aromatic N) is 13. The van der Waals surface area contributed by atoms with E-state index in [4.69, 9.17) is 0 Å². The van der Waals surface area contributed by atoms with E-state index in [1.54, 1.807) is 129 Å². The fourth-order valence-electron chi connectivity index (χ4n) is 10.2. The van der Waals surface area contributed by atoms with Crippen LogP contribution in [0.25, 0.3) is 89.7 Å². The maximum Gasteiger partial charge on any atom is 0.255 e. The number of rotatable bonds is 22. The van der Waals surface area contributed by atoms with E-state index < -0.39 is 71.0 Å². The molecule has 0 saturated carbocycles. The van der Waals surface area contributed by atoms with E-state index >= 15 is 0 Å². The Bertz CT molecular complexity index is 5020. The van der Waals surface area contributed by atoms with Crippen molar-refractivity contribution in [3.8, 4) is 45.6 Å². The molecule has 4 amide bonds. The van der Waals surface area contributed by atoms with Crippen LogP contribution in [0.15, 0.2) is 123 Å².